The molecule has 0 atom stereocenters. The van der Waals surface area contributed by atoms with E-state index in [2.05, 4.69) is 34.9 Å². The number of carbonyl (C=O) groups is 1. The third kappa shape index (κ3) is 5.75. The first-order valence-electron chi connectivity index (χ1n) is 13.5. The Labute approximate surface area is 220 Å². The average Bonchev–Trinajstić information content (AvgIpc) is 3.43. The second-order valence-electron chi connectivity index (χ2n) is 10.1. The van der Waals surface area contributed by atoms with Crippen molar-refractivity contribution < 1.29 is 14.6 Å². The number of hydrogen-bond donors (Lipinski definition) is 1. The first kappa shape index (κ1) is 25.2. The number of hydrogen-bond acceptors (Lipinski definition) is 5. The number of anilines is 2. The summed E-state index contributed by atoms with van der Waals surface area (Å²) in [6, 6.07) is 19.5. The summed E-state index contributed by atoms with van der Waals surface area (Å²) in [4.78, 5) is 20.3. The van der Waals surface area contributed by atoms with Crippen LogP contribution in [0.1, 0.15) is 46.8 Å². The van der Waals surface area contributed by atoms with Gasteiger partial charge in [0.05, 0.1) is 11.4 Å². The number of fused-ring (bicyclic) bond motifs is 1. The molecule has 37 heavy (non-hydrogen) atoms. The number of phenolic OH excluding ortho intramolecular Hbond substituents is 1. The predicted octanol–water partition coefficient (Wildman–Crippen LogP) is 5.40. The minimum atomic E-state index is -0.0136. The SMILES string of the molecule is CCN(C(=O)c1ccc(OCCN2CCCC2)cc1)c1cc(C)ccc1N1CCc2cc(O)ccc2C1. The smallest absolute Gasteiger partial charge is 0.258 e. The van der Waals surface area contributed by atoms with E-state index in [9.17, 15) is 9.90 Å². The van der Waals surface area contributed by atoms with Crippen molar-refractivity contribution >= 4 is 17.3 Å². The second-order valence-corrected chi connectivity index (χ2v) is 10.1. The fraction of sp³-hybridized carbons (Fsp3) is 0.387. The van der Waals surface area contributed by atoms with Crippen LogP contribution in [0.4, 0.5) is 11.4 Å². The Morgan fingerprint density at radius 2 is 1.76 bits per heavy atom. The lowest BCUT2D eigenvalue weighted by Gasteiger charge is -2.35. The quantitative estimate of drug-likeness (QED) is 0.450. The normalized spacial score (nSPS) is 15.5. The van der Waals surface area contributed by atoms with Crippen LogP contribution in [-0.4, -0.2) is 55.2 Å². The molecule has 6 heteroatoms. The van der Waals surface area contributed by atoms with Crippen molar-refractivity contribution in [1.29, 1.82) is 0 Å². The molecule has 2 aliphatic rings. The van der Waals surface area contributed by atoms with Gasteiger partial charge in [0.1, 0.15) is 18.1 Å². The number of likely N-dealkylation sites (tertiary alicyclic amines) is 1. The van der Waals surface area contributed by atoms with E-state index < -0.39 is 0 Å². The first-order valence-corrected chi connectivity index (χ1v) is 13.5. The van der Waals surface area contributed by atoms with Gasteiger partial charge >= 0.3 is 0 Å². The Morgan fingerprint density at radius 3 is 2.51 bits per heavy atom. The molecule has 0 radical (unpaired) electrons. The minimum Gasteiger partial charge on any atom is -0.508 e. The van der Waals surface area contributed by atoms with Crippen molar-refractivity contribution in [2.45, 2.75) is 39.7 Å². The zero-order valence-electron chi connectivity index (χ0n) is 21.9. The molecule has 1 fully saturated rings. The maximum Gasteiger partial charge on any atom is 0.258 e. The molecule has 0 saturated carbocycles. The van der Waals surface area contributed by atoms with Crippen LogP contribution in [0.25, 0.3) is 0 Å². The van der Waals surface area contributed by atoms with E-state index in [1.54, 1.807) is 6.07 Å². The fourth-order valence-corrected chi connectivity index (χ4v) is 5.43. The maximum atomic E-state index is 13.7. The molecule has 1 N–H and O–H groups in total. The highest BCUT2D eigenvalue weighted by Gasteiger charge is 2.24. The molecule has 2 aliphatic heterocycles. The molecule has 1 saturated heterocycles. The number of aryl methyl sites for hydroxylation is 1. The van der Waals surface area contributed by atoms with E-state index in [0.29, 0.717) is 24.5 Å². The summed E-state index contributed by atoms with van der Waals surface area (Å²) in [5.41, 5.74) is 6.16. The summed E-state index contributed by atoms with van der Waals surface area (Å²) in [6.45, 7) is 10.2. The Balaban J connectivity index is 1.32. The van der Waals surface area contributed by atoms with Crippen LogP contribution in [-0.2, 0) is 13.0 Å². The predicted molar refractivity (Wildman–Crippen MR) is 149 cm³/mol. The zero-order valence-corrected chi connectivity index (χ0v) is 21.9. The van der Waals surface area contributed by atoms with E-state index in [1.807, 2.05) is 48.2 Å². The van der Waals surface area contributed by atoms with E-state index in [-0.39, 0.29) is 5.91 Å². The topological polar surface area (TPSA) is 56.2 Å². The summed E-state index contributed by atoms with van der Waals surface area (Å²) in [6.07, 6.45) is 3.42. The van der Waals surface area contributed by atoms with Crippen LogP contribution in [0.5, 0.6) is 11.5 Å². The highest BCUT2D eigenvalue weighted by Crippen LogP contribution is 2.35. The number of benzene rings is 3. The van der Waals surface area contributed by atoms with Gasteiger partial charge in [0, 0.05) is 31.7 Å². The molecular weight excluding hydrogens is 462 g/mol. The third-order valence-corrected chi connectivity index (χ3v) is 7.50. The molecule has 6 nitrogen and oxygen atoms in total. The number of aromatic hydroxyl groups is 1. The number of nitrogens with zero attached hydrogens (tertiary/aromatic N) is 3. The maximum absolute atomic E-state index is 13.7. The lowest BCUT2D eigenvalue weighted by atomic mass is 9.98. The number of rotatable bonds is 8. The lowest BCUT2D eigenvalue weighted by Crippen LogP contribution is -2.35. The number of amides is 1. The Hall–Kier alpha value is -3.51. The van der Waals surface area contributed by atoms with Crippen molar-refractivity contribution in [3.05, 3.63) is 82.9 Å². The van der Waals surface area contributed by atoms with Crippen molar-refractivity contribution in [3.63, 3.8) is 0 Å². The summed E-state index contributed by atoms with van der Waals surface area (Å²) < 4.78 is 5.94. The van der Waals surface area contributed by atoms with Gasteiger partial charge in [-0.1, -0.05) is 12.1 Å². The largest absolute Gasteiger partial charge is 0.508 e. The van der Waals surface area contributed by atoms with Crippen LogP contribution in [0.15, 0.2) is 60.7 Å². The van der Waals surface area contributed by atoms with Crippen LogP contribution >= 0.6 is 0 Å². The van der Waals surface area contributed by atoms with Gasteiger partial charge in [-0.3, -0.25) is 9.69 Å². The highest BCUT2D eigenvalue weighted by molar-refractivity contribution is 6.08. The van der Waals surface area contributed by atoms with Crippen molar-refractivity contribution in [2.75, 3.05) is 49.1 Å². The van der Waals surface area contributed by atoms with E-state index in [0.717, 1.165) is 61.8 Å². The number of ether oxygens (including phenoxy) is 1. The number of phenols is 1. The molecule has 5 rings (SSSR count). The molecule has 194 valence electrons. The van der Waals surface area contributed by atoms with Gasteiger partial charge in [-0.25, -0.2) is 0 Å². The van der Waals surface area contributed by atoms with Crippen molar-refractivity contribution in [1.82, 2.24) is 4.90 Å². The van der Waals surface area contributed by atoms with E-state index in [1.165, 1.54) is 24.0 Å². The lowest BCUT2D eigenvalue weighted by molar-refractivity contribution is 0.0988. The van der Waals surface area contributed by atoms with Crippen LogP contribution in [0.2, 0.25) is 0 Å². The molecule has 3 aromatic rings. The van der Waals surface area contributed by atoms with E-state index in [4.69, 9.17) is 4.74 Å². The van der Waals surface area contributed by atoms with Crippen molar-refractivity contribution in [3.8, 4) is 11.5 Å². The molecule has 2 heterocycles. The second kappa shape index (κ2) is 11.3. The summed E-state index contributed by atoms with van der Waals surface area (Å²) in [5.74, 6) is 1.10. The van der Waals surface area contributed by atoms with Crippen LogP contribution < -0.4 is 14.5 Å². The molecular formula is C31H37N3O3. The average molecular weight is 500 g/mol. The molecule has 0 spiro atoms. The zero-order chi connectivity index (χ0) is 25.8. The van der Waals surface area contributed by atoms with E-state index >= 15 is 0 Å². The van der Waals surface area contributed by atoms with Crippen molar-refractivity contribution in [2.24, 2.45) is 0 Å². The molecule has 0 aliphatic carbocycles. The molecule has 0 aromatic heterocycles. The molecule has 0 bridgehead atoms. The summed E-state index contributed by atoms with van der Waals surface area (Å²) >= 11 is 0. The Kier molecular flexibility index (Phi) is 7.65. The Morgan fingerprint density at radius 1 is 0.973 bits per heavy atom. The highest BCUT2D eigenvalue weighted by atomic mass is 16.5. The van der Waals surface area contributed by atoms with Gasteiger partial charge in [0.2, 0.25) is 0 Å². The monoisotopic (exact) mass is 499 g/mol. The van der Waals surface area contributed by atoms with Gasteiger partial charge in [-0.05, 0) is 111 Å². The van der Waals surface area contributed by atoms with Gasteiger partial charge in [-0.2, -0.15) is 0 Å². The molecule has 3 aromatic carbocycles. The number of carbonyl (C=O) groups excluding carboxylic acids is 1. The van der Waals surface area contributed by atoms with Crippen LogP contribution in [0.3, 0.4) is 0 Å². The van der Waals surface area contributed by atoms with Gasteiger partial charge in [0.15, 0.2) is 0 Å². The van der Waals surface area contributed by atoms with Gasteiger partial charge in [0.25, 0.3) is 5.91 Å². The third-order valence-electron chi connectivity index (χ3n) is 7.50. The molecule has 0 unspecified atom stereocenters. The first-order chi connectivity index (χ1) is 18.0. The van der Waals surface area contributed by atoms with Gasteiger partial charge in [-0.15, -0.1) is 0 Å². The minimum absolute atomic E-state index is 0.0136. The summed E-state index contributed by atoms with van der Waals surface area (Å²) in [7, 11) is 0. The van der Waals surface area contributed by atoms with Crippen LogP contribution in [0, 0.1) is 6.92 Å². The molecule has 1 amide bonds. The summed E-state index contributed by atoms with van der Waals surface area (Å²) in [5, 5.41) is 9.86. The fourth-order valence-electron chi connectivity index (χ4n) is 5.43. The standard InChI is InChI=1S/C31H37N3O3/c1-3-34(31(36)24-8-11-28(12-9-24)37-19-18-32-15-4-5-16-32)30-20-23(2)6-13-29(30)33-17-14-25-21-27(35)10-7-26(25)22-33/h6-13,20-21,35H,3-5,14-19,22H2,1-2H3. The Bertz CT molecular complexity index is 1230. The van der Waals surface area contributed by atoms with Gasteiger partial charge < -0.3 is 19.6 Å².